The zero-order valence-electron chi connectivity index (χ0n) is 32.9. The van der Waals surface area contributed by atoms with Crippen LogP contribution in [0.1, 0.15) is 73.4 Å². The third-order valence-corrected chi connectivity index (χ3v) is 11.7. The lowest BCUT2D eigenvalue weighted by atomic mass is 9.83. The van der Waals surface area contributed by atoms with Crippen LogP contribution in [0.15, 0.2) is 119 Å². The van der Waals surface area contributed by atoms with Gasteiger partial charge >= 0.3 is 0 Å². The van der Waals surface area contributed by atoms with Gasteiger partial charge in [-0.25, -0.2) is 4.52 Å². The second kappa shape index (κ2) is 12.6. The van der Waals surface area contributed by atoms with Gasteiger partial charge in [0.1, 0.15) is 5.52 Å². The lowest BCUT2D eigenvalue weighted by Crippen LogP contribution is -2.21. The number of aromatic nitrogens is 3. The highest BCUT2D eigenvalue weighted by Crippen LogP contribution is 2.45. The summed E-state index contributed by atoms with van der Waals surface area (Å²) in [7, 11) is 0. The number of H-pyrrole nitrogens is 1. The standard InChI is InChI=1S/C45H19N3O4.3C2H6/c49-42-24-6-2-1-5-22(24)40-37-29(42)13-10-23-21-9-12-28-33-19(16-18-32(35(21)33)48(47-40)41(23)37)20-15-17-31-34(36(20)45(28)52)27-11-14-30-38(39(27)46-31)44(51)26-8-4-3-7-25(26)43(30)50;3*1-2/h1-18,46H;3*1-2H3. The molecule has 58 heavy (non-hydrogen) atoms. The van der Waals surface area contributed by atoms with Crippen LogP contribution < -0.4 is 10.9 Å². The van der Waals surface area contributed by atoms with E-state index in [1.165, 1.54) is 0 Å². The number of nitrogens with zero attached hydrogens (tertiary/aromatic N) is 2. The van der Waals surface area contributed by atoms with Crippen LogP contribution in [0.5, 0.6) is 0 Å². The molecule has 0 saturated heterocycles. The fourth-order valence-corrected chi connectivity index (χ4v) is 9.59. The first kappa shape index (κ1) is 35.2. The average Bonchev–Trinajstić information content (AvgIpc) is 3.88. The smallest absolute Gasteiger partial charge is 0.196 e. The van der Waals surface area contributed by atoms with E-state index in [-0.39, 0.29) is 22.4 Å². The summed E-state index contributed by atoms with van der Waals surface area (Å²) in [6.07, 6.45) is 0. The summed E-state index contributed by atoms with van der Waals surface area (Å²) in [4.78, 5) is 59.4. The highest BCUT2D eigenvalue weighted by molar-refractivity contribution is 6.38. The first-order valence-electron chi connectivity index (χ1n) is 20.1. The van der Waals surface area contributed by atoms with Gasteiger partial charge in [-0.15, -0.1) is 0 Å². The molecule has 1 N–H and O–H groups in total. The number of pyridine rings is 1. The summed E-state index contributed by atoms with van der Waals surface area (Å²) in [5, 5.41) is 16.3. The van der Waals surface area contributed by atoms with Gasteiger partial charge in [-0.1, -0.05) is 120 Å². The van der Waals surface area contributed by atoms with E-state index < -0.39 is 0 Å². The van der Waals surface area contributed by atoms with Crippen molar-refractivity contribution in [2.45, 2.75) is 41.5 Å². The van der Waals surface area contributed by atoms with Gasteiger partial charge in [-0.05, 0) is 46.5 Å². The van der Waals surface area contributed by atoms with E-state index in [1.54, 1.807) is 30.3 Å². The van der Waals surface area contributed by atoms with Crippen molar-refractivity contribution in [2.75, 3.05) is 0 Å². The van der Waals surface area contributed by atoms with E-state index in [0.29, 0.717) is 49.3 Å². The monoisotopic (exact) mass is 755 g/mol. The molecular formula is C51H37N3O4. The zero-order chi connectivity index (χ0) is 40.3. The van der Waals surface area contributed by atoms with Crippen molar-refractivity contribution in [3.8, 4) is 0 Å². The topological polar surface area (TPSA) is 101 Å². The van der Waals surface area contributed by atoms with E-state index in [2.05, 4.69) is 17.1 Å². The summed E-state index contributed by atoms with van der Waals surface area (Å²) in [5.74, 6) is -0.395. The molecule has 0 unspecified atom stereocenters. The van der Waals surface area contributed by atoms with Crippen molar-refractivity contribution in [1.82, 2.24) is 14.6 Å². The Kier molecular flexibility index (Phi) is 7.66. The van der Waals surface area contributed by atoms with Crippen LogP contribution in [0.4, 0.5) is 0 Å². The molecule has 0 radical (unpaired) electrons. The van der Waals surface area contributed by atoms with Crippen LogP contribution in [0.2, 0.25) is 0 Å². The zero-order valence-corrected chi connectivity index (χ0v) is 32.9. The number of aromatic amines is 1. The fourth-order valence-electron chi connectivity index (χ4n) is 9.59. The molecule has 3 heterocycles. The van der Waals surface area contributed by atoms with Crippen molar-refractivity contribution in [2.24, 2.45) is 0 Å². The summed E-state index contributed by atoms with van der Waals surface area (Å²) >= 11 is 0. The summed E-state index contributed by atoms with van der Waals surface area (Å²) in [6.45, 7) is 12.0. The third-order valence-electron chi connectivity index (χ3n) is 11.7. The molecule has 3 aromatic heterocycles. The van der Waals surface area contributed by atoms with E-state index >= 15 is 0 Å². The highest BCUT2D eigenvalue weighted by atomic mass is 16.1. The molecule has 0 aliphatic heterocycles. The summed E-state index contributed by atoms with van der Waals surface area (Å²) in [5.41, 5.74) is 5.21. The Morgan fingerprint density at radius 3 is 1.76 bits per heavy atom. The third kappa shape index (κ3) is 4.15. The number of hydrogen-bond donors (Lipinski definition) is 1. The minimum Gasteiger partial charge on any atom is -0.354 e. The van der Waals surface area contributed by atoms with E-state index in [0.717, 1.165) is 75.9 Å². The Hall–Kier alpha value is -7.25. The lowest BCUT2D eigenvalue weighted by molar-refractivity contribution is 0.0980. The molecular weight excluding hydrogens is 719 g/mol. The molecule has 12 aromatic rings. The molecule has 1 aliphatic rings. The number of rotatable bonds is 0. The average molecular weight is 756 g/mol. The van der Waals surface area contributed by atoms with Crippen LogP contribution in [-0.2, 0) is 0 Å². The SMILES string of the molecule is CC.CC.CC.O=C1c2ccccc2C(=O)c2c1ccc1c2[nH]c2ccc3c4ccc5c6c(ccc(c(=O)c3c21)c46)c1ccc2c(=O)c3ccccc3c3nn5c1c23. The minimum absolute atomic E-state index is 0.00247. The maximum absolute atomic E-state index is 14.9. The largest absolute Gasteiger partial charge is 0.354 e. The normalized spacial score (nSPS) is 12.5. The molecule has 0 spiro atoms. The molecule has 0 fully saturated rings. The van der Waals surface area contributed by atoms with E-state index in [9.17, 15) is 19.2 Å². The number of carbonyl (C=O) groups is 2. The number of fused-ring (bicyclic) bond motifs is 13. The molecule has 7 heteroatoms. The van der Waals surface area contributed by atoms with Gasteiger partial charge in [0.25, 0.3) is 0 Å². The number of hydrogen-bond acceptors (Lipinski definition) is 5. The molecule has 0 bridgehead atoms. The van der Waals surface area contributed by atoms with Crippen molar-refractivity contribution < 1.29 is 9.59 Å². The van der Waals surface area contributed by atoms with Crippen LogP contribution in [0.25, 0.3) is 103 Å². The molecule has 0 saturated carbocycles. The second-order valence-electron chi connectivity index (χ2n) is 14.0. The molecule has 9 aromatic carbocycles. The van der Waals surface area contributed by atoms with E-state index in [1.807, 2.05) is 113 Å². The Bertz CT molecular complexity index is 3840. The van der Waals surface area contributed by atoms with Crippen LogP contribution in [0.3, 0.4) is 0 Å². The Balaban J connectivity index is 0.000000653. The van der Waals surface area contributed by atoms with Gasteiger partial charge in [0.05, 0.1) is 22.1 Å². The highest BCUT2D eigenvalue weighted by Gasteiger charge is 2.32. The predicted octanol–water partition coefficient (Wildman–Crippen LogP) is 11.9. The molecule has 13 rings (SSSR count). The predicted molar refractivity (Wildman–Crippen MR) is 241 cm³/mol. The van der Waals surface area contributed by atoms with E-state index in [4.69, 9.17) is 5.10 Å². The number of nitrogens with one attached hydrogen (secondary N) is 1. The van der Waals surface area contributed by atoms with Gasteiger partial charge in [-0.3, -0.25) is 19.2 Å². The maximum Gasteiger partial charge on any atom is 0.196 e. The molecule has 1 aliphatic carbocycles. The van der Waals surface area contributed by atoms with Gasteiger partial charge in [-0.2, -0.15) is 5.10 Å². The first-order chi connectivity index (χ1) is 28.5. The molecule has 0 amide bonds. The number of benzene rings is 9. The number of ketones is 2. The first-order valence-corrected chi connectivity index (χ1v) is 20.1. The van der Waals surface area contributed by atoms with Crippen molar-refractivity contribution in [1.29, 1.82) is 0 Å². The summed E-state index contributed by atoms with van der Waals surface area (Å²) in [6, 6.07) is 34.1. The van der Waals surface area contributed by atoms with Crippen molar-refractivity contribution in [3.05, 3.63) is 152 Å². The Morgan fingerprint density at radius 1 is 0.431 bits per heavy atom. The minimum atomic E-state index is -0.210. The maximum atomic E-state index is 14.9. The molecule has 7 nitrogen and oxygen atoms in total. The lowest BCUT2D eigenvalue weighted by Gasteiger charge is -2.17. The Labute approximate surface area is 331 Å². The van der Waals surface area contributed by atoms with Gasteiger partial charge in [0.15, 0.2) is 22.4 Å². The van der Waals surface area contributed by atoms with Gasteiger partial charge in [0, 0.05) is 81.5 Å². The second-order valence-corrected chi connectivity index (χ2v) is 14.0. The Morgan fingerprint density at radius 2 is 1.00 bits per heavy atom. The van der Waals surface area contributed by atoms with Gasteiger partial charge < -0.3 is 4.98 Å². The molecule has 280 valence electrons. The quantitative estimate of drug-likeness (QED) is 0.123. The fraction of sp³-hybridized carbons (Fsp3) is 0.118. The van der Waals surface area contributed by atoms with Crippen molar-refractivity contribution >= 4 is 115 Å². The summed E-state index contributed by atoms with van der Waals surface area (Å²) < 4.78 is 1.96. The van der Waals surface area contributed by atoms with Crippen LogP contribution in [-0.4, -0.2) is 26.2 Å². The van der Waals surface area contributed by atoms with Crippen LogP contribution in [0, 0.1) is 0 Å². The molecule has 0 atom stereocenters. The van der Waals surface area contributed by atoms with Crippen molar-refractivity contribution in [3.63, 3.8) is 0 Å². The van der Waals surface area contributed by atoms with Gasteiger partial charge in [0.2, 0.25) is 0 Å². The van der Waals surface area contributed by atoms with Crippen LogP contribution >= 0.6 is 0 Å². The number of carbonyl (C=O) groups excluding carboxylic acids is 2.